The zero-order valence-electron chi connectivity index (χ0n) is 14.1. The van der Waals surface area contributed by atoms with Gasteiger partial charge in [-0.2, -0.15) is 5.26 Å². The van der Waals surface area contributed by atoms with E-state index in [1.807, 2.05) is 54.6 Å². The van der Waals surface area contributed by atoms with Crippen LogP contribution in [0.2, 0.25) is 0 Å². The molecule has 2 heterocycles. The van der Waals surface area contributed by atoms with E-state index in [2.05, 4.69) is 16.3 Å². The van der Waals surface area contributed by atoms with E-state index < -0.39 is 5.92 Å². The number of aromatic nitrogens is 2. The second-order valence-electron chi connectivity index (χ2n) is 5.88. The third-order valence-electron chi connectivity index (χ3n) is 4.43. The second kappa shape index (κ2) is 6.30. The molecule has 0 bridgehead atoms. The molecule has 1 aromatic heterocycles. The van der Waals surface area contributed by atoms with Crippen molar-refractivity contribution >= 4 is 0 Å². The lowest BCUT2D eigenvalue weighted by molar-refractivity contribution is 0.378. The van der Waals surface area contributed by atoms with E-state index in [0.29, 0.717) is 17.2 Å². The fraction of sp³-hybridized carbons (Fsp3) is 0.100. The molecule has 6 heteroatoms. The maximum Gasteiger partial charge on any atom is 0.244 e. The Labute approximate surface area is 150 Å². The summed E-state index contributed by atoms with van der Waals surface area (Å²) in [7, 11) is 1.61. The van der Waals surface area contributed by atoms with Gasteiger partial charge in [-0.25, -0.2) is 0 Å². The van der Waals surface area contributed by atoms with Crippen LogP contribution in [0.1, 0.15) is 17.0 Å². The Kier molecular flexibility index (Phi) is 3.82. The molecular weight excluding hydrogens is 328 g/mol. The van der Waals surface area contributed by atoms with Crippen molar-refractivity contribution in [2.75, 3.05) is 7.11 Å². The number of benzene rings is 2. The van der Waals surface area contributed by atoms with E-state index in [1.54, 1.807) is 7.11 Å². The minimum atomic E-state index is -0.396. The van der Waals surface area contributed by atoms with E-state index in [0.717, 1.165) is 22.4 Å². The number of nitrogens with two attached hydrogens (primary N) is 1. The second-order valence-corrected chi connectivity index (χ2v) is 5.88. The first-order chi connectivity index (χ1) is 12.7. The topological polar surface area (TPSA) is 96.9 Å². The Hall–Kier alpha value is -3.72. The summed E-state index contributed by atoms with van der Waals surface area (Å²) >= 11 is 0. The summed E-state index contributed by atoms with van der Waals surface area (Å²) in [5.41, 5.74) is 9.77. The molecule has 0 amide bonds. The minimum absolute atomic E-state index is 0.0685. The first-order valence-corrected chi connectivity index (χ1v) is 8.08. The molecule has 1 aliphatic heterocycles. The van der Waals surface area contributed by atoms with Crippen molar-refractivity contribution in [2.45, 2.75) is 5.92 Å². The maximum atomic E-state index is 9.71. The highest BCUT2D eigenvalue weighted by atomic mass is 16.5. The molecule has 6 nitrogen and oxygen atoms in total. The minimum Gasteiger partial charge on any atom is -0.497 e. The molecule has 3 aromatic rings. The van der Waals surface area contributed by atoms with Crippen molar-refractivity contribution in [3.8, 4) is 29.0 Å². The Morgan fingerprint density at radius 3 is 2.73 bits per heavy atom. The number of nitrogens with zero attached hydrogens (tertiary/aromatic N) is 2. The quantitative estimate of drug-likeness (QED) is 0.760. The highest BCUT2D eigenvalue weighted by Crippen LogP contribution is 2.45. The number of H-pyrrole nitrogens is 1. The van der Waals surface area contributed by atoms with Crippen molar-refractivity contribution in [1.82, 2.24) is 10.2 Å². The average molecular weight is 344 g/mol. The van der Waals surface area contributed by atoms with Crippen LogP contribution in [0, 0.1) is 11.3 Å². The fourth-order valence-electron chi connectivity index (χ4n) is 3.22. The van der Waals surface area contributed by atoms with Crippen LogP contribution in [0.4, 0.5) is 0 Å². The highest BCUT2D eigenvalue weighted by Gasteiger charge is 2.35. The van der Waals surface area contributed by atoms with Gasteiger partial charge in [0.25, 0.3) is 0 Å². The summed E-state index contributed by atoms with van der Waals surface area (Å²) in [6, 6.07) is 19.6. The summed E-state index contributed by atoms with van der Waals surface area (Å²) in [6.07, 6.45) is 0. The lowest BCUT2D eigenvalue weighted by Crippen LogP contribution is -2.21. The van der Waals surface area contributed by atoms with Gasteiger partial charge >= 0.3 is 0 Å². The van der Waals surface area contributed by atoms with Crippen LogP contribution in [0.3, 0.4) is 0 Å². The molecular formula is C20H16N4O2. The summed E-state index contributed by atoms with van der Waals surface area (Å²) in [4.78, 5) is 0. The normalized spacial score (nSPS) is 15.8. The summed E-state index contributed by atoms with van der Waals surface area (Å²) in [5.74, 6) is 0.760. The largest absolute Gasteiger partial charge is 0.497 e. The van der Waals surface area contributed by atoms with Crippen molar-refractivity contribution < 1.29 is 9.47 Å². The molecule has 128 valence electrons. The monoisotopic (exact) mass is 344 g/mol. The van der Waals surface area contributed by atoms with Crippen LogP contribution in [0.5, 0.6) is 11.6 Å². The number of fused-ring (bicyclic) bond motifs is 1. The van der Waals surface area contributed by atoms with Gasteiger partial charge < -0.3 is 15.2 Å². The molecule has 4 rings (SSSR count). The molecule has 26 heavy (non-hydrogen) atoms. The zero-order chi connectivity index (χ0) is 18.1. The lowest BCUT2D eigenvalue weighted by atomic mass is 9.83. The van der Waals surface area contributed by atoms with Crippen LogP contribution in [-0.4, -0.2) is 17.3 Å². The SMILES string of the molecule is COc1cccc(C2C(C#N)=C(N)Oc3n[nH]c(-c4ccccc4)c32)c1. The maximum absolute atomic E-state index is 9.71. The van der Waals surface area contributed by atoms with Crippen LogP contribution in [0.15, 0.2) is 66.1 Å². The molecule has 0 aliphatic carbocycles. The molecule has 0 fully saturated rings. The van der Waals surface area contributed by atoms with Crippen molar-refractivity contribution in [3.63, 3.8) is 0 Å². The standard InChI is InChI=1S/C20H16N4O2/c1-25-14-9-5-8-13(10-14)16-15(11-21)19(22)26-20-17(16)18(23-24-20)12-6-3-2-4-7-12/h2-10,16H,22H2,1H3,(H,23,24). The Bertz CT molecular complexity index is 1030. The first-order valence-electron chi connectivity index (χ1n) is 8.08. The Morgan fingerprint density at radius 2 is 2.00 bits per heavy atom. The zero-order valence-corrected chi connectivity index (χ0v) is 14.1. The highest BCUT2D eigenvalue weighted by molar-refractivity contribution is 5.70. The van der Waals surface area contributed by atoms with Gasteiger partial charge in [0, 0.05) is 0 Å². The molecule has 2 aromatic carbocycles. The number of allylic oxidation sites excluding steroid dienone is 1. The Morgan fingerprint density at radius 1 is 1.19 bits per heavy atom. The van der Waals surface area contributed by atoms with Crippen molar-refractivity contribution in [2.24, 2.45) is 5.73 Å². The van der Waals surface area contributed by atoms with Gasteiger partial charge in [0.1, 0.15) is 17.4 Å². The lowest BCUT2D eigenvalue weighted by Gasteiger charge is -2.24. The summed E-state index contributed by atoms with van der Waals surface area (Å²) in [5, 5.41) is 17.0. The number of rotatable bonds is 3. The van der Waals surface area contributed by atoms with Gasteiger partial charge in [0.15, 0.2) is 0 Å². The molecule has 1 atom stereocenters. The predicted molar refractivity (Wildman–Crippen MR) is 96.3 cm³/mol. The molecule has 0 spiro atoms. The van der Waals surface area contributed by atoms with E-state index in [9.17, 15) is 5.26 Å². The van der Waals surface area contributed by atoms with E-state index >= 15 is 0 Å². The number of hydrogen-bond donors (Lipinski definition) is 2. The van der Waals surface area contributed by atoms with Crippen molar-refractivity contribution in [3.05, 3.63) is 77.2 Å². The van der Waals surface area contributed by atoms with Crippen molar-refractivity contribution in [1.29, 1.82) is 5.26 Å². The fourth-order valence-corrected chi connectivity index (χ4v) is 3.22. The summed E-state index contributed by atoms with van der Waals surface area (Å²) in [6.45, 7) is 0. The van der Waals surface area contributed by atoms with Crippen LogP contribution >= 0.6 is 0 Å². The van der Waals surface area contributed by atoms with Gasteiger partial charge in [0.2, 0.25) is 11.8 Å². The number of nitriles is 1. The van der Waals surface area contributed by atoms with Crippen LogP contribution < -0.4 is 15.2 Å². The number of aromatic amines is 1. The number of ether oxygens (including phenoxy) is 2. The van der Waals surface area contributed by atoms with E-state index in [-0.39, 0.29) is 5.88 Å². The van der Waals surface area contributed by atoms with Gasteiger partial charge in [-0.15, -0.1) is 5.10 Å². The van der Waals surface area contributed by atoms with Crippen LogP contribution in [-0.2, 0) is 0 Å². The summed E-state index contributed by atoms with van der Waals surface area (Å²) < 4.78 is 10.9. The van der Waals surface area contributed by atoms with Gasteiger partial charge in [-0.1, -0.05) is 42.5 Å². The smallest absolute Gasteiger partial charge is 0.244 e. The molecule has 0 radical (unpaired) electrons. The molecule has 0 saturated heterocycles. The Balaban J connectivity index is 1.95. The van der Waals surface area contributed by atoms with Gasteiger partial charge in [-0.3, -0.25) is 5.10 Å². The number of methoxy groups -OCH3 is 1. The number of nitrogens with one attached hydrogen (secondary N) is 1. The van der Waals surface area contributed by atoms with Gasteiger partial charge in [0.05, 0.1) is 24.3 Å². The van der Waals surface area contributed by atoms with Crippen LogP contribution in [0.25, 0.3) is 11.3 Å². The molecule has 3 N–H and O–H groups in total. The predicted octanol–water partition coefficient (Wildman–Crippen LogP) is 3.30. The average Bonchev–Trinajstić information content (AvgIpc) is 3.10. The van der Waals surface area contributed by atoms with E-state index in [4.69, 9.17) is 15.2 Å². The molecule has 0 saturated carbocycles. The van der Waals surface area contributed by atoms with E-state index in [1.165, 1.54) is 0 Å². The third kappa shape index (κ3) is 2.47. The number of hydrogen-bond acceptors (Lipinski definition) is 5. The first kappa shape index (κ1) is 15.8. The third-order valence-corrected chi connectivity index (χ3v) is 4.43. The van der Waals surface area contributed by atoms with Gasteiger partial charge in [-0.05, 0) is 23.3 Å². The molecule has 1 unspecified atom stereocenters. The molecule has 1 aliphatic rings.